The highest BCUT2D eigenvalue weighted by molar-refractivity contribution is 7.10. The van der Waals surface area contributed by atoms with E-state index in [0.29, 0.717) is 6.04 Å². The second kappa shape index (κ2) is 6.21. The highest BCUT2D eigenvalue weighted by Gasteiger charge is 2.21. The zero-order valence-corrected chi connectivity index (χ0v) is 11.4. The molecule has 1 aromatic rings. The summed E-state index contributed by atoms with van der Waals surface area (Å²) in [5, 5.41) is 5.76. The Morgan fingerprint density at radius 3 is 2.88 bits per heavy atom. The molecule has 0 aliphatic rings. The zero-order chi connectivity index (χ0) is 12.0. The van der Waals surface area contributed by atoms with Crippen molar-refractivity contribution in [1.29, 1.82) is 0 Å². The molecule has 1 atom stereocenters. The lowest BCUT2D eigenvalue weighted by molar-refractivity contribution is 0.423. The van der Waals surface area contributed by atoms with Gasteiger partial charge in [-0.15, -0.1) is 17.9 Å². The summed E-state index contributed by atoms with van der Waals surface area (Å²) in [6.07, 6.45) is 4.25. The van der Waals surface area contributed by atoms with Crippen LogP contribution < -0.4 is 5.32 Å². The van der Waals surface area contributed by atoms with Gasteiger partial charge >= 0.3 is 0 Å². The Morgan fingerprint density at radius 1 is 1.56 bits per heavy atom. The molecular formula is C14H23NS. The number of hydrogen-bond acceptors (Lipinski definition) is 2. The first-order valence-electron chi connectivity index (χ1n) is 5.94. The Hall–Kier alpha value is -0.600. The predicted molar refractivity (Wildman–Crippen MR) is 74.2 cm³/mol. The van der Waals surface area contributed by atoms with E-state index >= 15 is 0 Å². The molecule has 0 spiro atoms. The lowest BCUT2D eigenvalue weighted by atomic mass is 9.91. The fourth-order valence-corrected chi connectivity index (χ4v) is 2.50. The average Bonchev–Trinajstić information content (AvgIpc) is 2.77. The fourth-order valence-electron chi connectivity index (χ4n) is 1.65. The molecule has 0 amide bonds. The molecular weight excluding hydrogens is 214 g/mol. The Morgan fingerprint density at radius 2 is 2.31 bits per heavy atom. The number of rotatable bonds is 7. The van der Waals surface area contributed by atoms with Crippen LogP contribution in [0.3, 0.4) is 0 Å². The molecule has 1 aromatic heterocycles. The van der Waals surface area contributed by atoms with Gasteiger partial charge in [0.15, 0.2) is 0 Å². The van der Waals surface area contributed by atoms with Crippen LogP contribution in [0.25, 0.3) is 0 Å². The van der Waals surface area contributed by atoms with Gasteiger partial charge in [-0.3, -0.25) is 0 Å². The molecule has 2 heteroatoms. The third-order valence-corrected chi connectivity index (χ3v) is 4.12. The average molecular weight is 237 g/mol. The molecule has 16 heavy (non-hydrogen) atoms. The Balaban J connectivity index is 2.39. The van der Waals surface area contributed by atoms with Crippen molar-refractivity contribution in [3.8, 4) is 0 Å². The highest BCUT2D eigenvalue weighted by atomic mass is 32.1. The van der Waals surface area contributed by atoms with Gasteiger partial charge in [0.25, 0.3) is 0 Å². The molecule has 0 aliphatic carbocycles. The van der Waals surface area contributed by atoms with E-state index in [-0.39, 0.29) is 5.41 Å². The van der Waals surface area contributed by atoms with Crippen LogP contribution in [0, 0.1) is 0 Å². The first-order chi connectivity index (χ1) is 7.56. The van der Waals surface area contributed by atoms with Gasteiger partial charge < -0.3 is 5.32 Å². The maximum Gasteiger partial charge on any atom is 0.0115 e. The van der Waals surface area contributed by atoms with Crippen LogP contribution in [0.2, 0.25) is 0 Å². The smallest absolute Gasteiger partial charge is 0.0115 e. The van der Waals surface area contributed by atoms with Gasteiger partial charge in [-0.2, -0.15) is 0 Å². The van der Waals surface area contributed by atoms with Crippen molar-refractivity contribution in [1.82, 2.24) is 5.32 Å². The van der Waals surface area contributed by atoms with Crippen molar-refractivity contribution in [3.63, 3.8) is 0 Å². The molecule has 1 unspecified atom stereocenters. The lowest BCUT2D eigenvalue weighted by Gasteiger charge is -2.26. The first-order valence-corrected chi connectivity index (χ1v) is 6.82. The Kier molecular flexibility index (Phi) is 5.23. The van der Waals surface area contributed by atoms with Crippen LogP contribution in [-0.4, -0.2) is 12.6 Å². The van der Waals surface area contributed by atoms with E-state index in [9.17, 15) is 0 Å². The Labute approximate surface area is 104 Å². The maximum absolute atomic E-state index is 3.76. The molecule has 0 fully saturated rings. The number of thiophene rings is 1. The molecule has 1 N–H and O–H groups in total. The number of hydrogen-bond donors (Lipinski definition) is 1. The van der Waals surface area contributed by atoms with E-state index in [4.69, 9.17) is 0 Å². The molecule has 0 radical (unpaired) electrons. The summed E-state index contributed by atoms with van der Waals surface area (Å²) >= 11 is 1.84. The van der Waals surface area contributed by atoms with Gasteiger partial charge in [0.2, 0.25) is 0 Å². The van der Waals surface area contributed by atoms with Crippen LogP contribution in [0.4, 0.5) is 0 Å². The highest BCUT2D eigenvalue weighted by Crippen LogP contribution is 2.26. The van der Waals surface area contributed by atoms with E-state index in [0.717, 1.165) is 13.0 Å². The van der Waals surface area contributed by atoms with E-state index in [2.05, 4.69) is 50.2 Å². The van der Waals surface area contributed by atoms with Crippen LogP contribution in [0.5, 0.6) is 0 Å². The normalized spacial score (nSPS) is 13.7. The van der Waals surface area contributed by atoms with Gasteiger partial charge in [0.1, 0.15) is 0 Å². The standard InChI is InChI=1S/C14H23NS/c1-5-6-8-12(2)15-11-14(3,4)13-9-7-10-16-13/h5,7,9-10,12,15H,1,6,8,11H2,2-4H3. The fraction of sp³-hybridized carbons (Fsp3) is 0.571. The summed E-state index contributed by atoms with van der Waals surface area (Å²) < 4.78 is 0. The minimum atomic E-state index is 0.233. The summed E-state index contributed by atoms with van der Waals surface area (Å²) in [5.41, 5.74) is 0.233. The molecule has 1 nitrogen and oxygen atoms in total. The van der Waals surface area contributed by atoms with Gasteiger partial charge in [-0.25, -0.2) is 0 Å². The lowest BCUT2D eigenvalue weighted by Crippen LogP contribution is -2.37. The monoisotopic (exact) mass is 237 g/mol. The Bertz CT molecular complexity index is 301. The summed E-state index contributed by atoms with van der Waals surface area (Å²) in [6.45, 7) is 11.6. The van der Waals surface area contributed by atoms with E-state index in [1.165, 1.54) is 11.3 Å². The van der Waals surface area contributed by atoms with Crippen molar-refractivity contribution in [3.05, 3.63) is 35.0 Å². The molecule has 90 valence electrons. The molecule has 0 aromatic carbocycles. The summed E-state index contributed by atoms with van der Waals surface area (Å²) in [5.74, 6) is 0. The van der Waals surface area contributed by atoms with E-state index < -0.39 is 0 Å². The summed E-state index contributed by atoms with van der Waals surface area (Å²) in [4.78, 5) is 1.45. The third-order valence-electron chi connectivity index (χ3n) is 2.88. The minimum absolute atomic E-state index is 0.233. The van der Waals surface area contributed by atoms with Crippen molar-refractivity contribution < 1.29 is 0 Å². The topological polar surface area (TPSA) is 12.0 Å². The summed E-state index contributed by atoms with van der Waals surface area (Å²) in [6, 6.07) is 4.92. The zero-order valence-electron chi connectivity index (χ0n) is 10.6. The second-order valence-electron chi connectivity index (χ2n) is 5.01. The van der Waals surface area contributed by atoms with Gasteiger partial charge in [0.05, 0.1) is 0 Å². The van der Waals surface area contributed by atoms with Crippen molar-refractivity contribution in [2.45, 2.75) is 45.1 Å². The van der Waals surface area contributed by atoms with Gasteiger partial charge in [0, 0.05) is 22.9 Å². The predicted octanol–water partition coefficient (Wildman–Crippen LogP) is 3.97. The van der Waals surface area contributed by atoms with Crippen molar-refractivity contribution >= 4 is 11.3 Å². The van der Waals surface area contributed by atoms with Gasteiger partial charge in [-0.1, -0.05) is 26.0 Å². The van der Waals surface area contributed by atoms with Gasteiger partial charge in [-0.05, 0) is 31.2 Å². The number of allylic oxidation sites excluding steroid dienone is 1. The van der Waals surface area contributed by atoms with Crippen LogP contribution >= 0.6 is 11.3 Å². The van der Waals surface area contributed by atoms with E-state index in [1.807, 2.05) is 17.4 Å². The van der Waals surface area contributed by atoms with Crippen LogP contribution in [0.15, 0.2) is 30.2 Å². The van der Waals surface area contributed by atoms with Crippen LogP contribution in [0.1, 0.15) is 38.5 Å². The molecule has 0 aliphatic heterocycles. The second-order valence-corrected chi connectivity index (χ2v) is 5.96. The number of nitrogens with one attached hydrogen (secondary N) is 1. The molecule has 0 saturated heterocycles. The molecule has 1 heterocycles. The van der Waals surface area contributed by atoms with Crippen molar-refractivity contribution in [2.24, 2.45) is 0 Å². The summed E-state index contributed by atoms with van der Waals surface area (Å²) in [7, 11) is 0. The maximum atomic E-state index is 3.76. The van der Waals surface area contributed by atoms with Crippen LogP contribution in [-0.2, 0) is 5.41 Å². The molecule has 0 bridgehead atoms. The largest absolute Gasteiger partial charge is 0.313 e. The van der Waals surface area contributed by atoms with E-state index in [1.54, 1.807) is 0 Å². The first kappa shape index (κ1) is 13.5. The quantitative estimate of drug-likeness (QED) is 0.708. The molecule has 1 rings (SSSR count). The SMILES string of the molecule is C=CCCC(C)NCC(C)(C)c1cccs1. The minimum Gasteiger partial charge on any atom is -0.313 e. The van der Waals surface area contributed by atoms with Crippen molar-refractivity contribution in [2.75, 3.05) is 6.54 Å². The third kappa shape index (κ3) is 4.11. The molecule has 0 saturated carbocycles.